The Labute approximate surface area is 77.3 Å². The molecule has 0 aliphatic heterocycles. The molecule has 0 saturated heterocycles. The zero-order valence-corrected chi connectivity index (χ0v) is 7.96. The van der Waals surface area contributed by atoms with Crippen molar-refractivity contribution in [2.75, 3.05) is 0 Å². The van der Waals surface area contributed by atoms with Crippen molar-refractivity contribution in [2.45, 2.75) is 0 Å². The van der Waals surface area contributed by atoms with Crippen molar-refractivity contribution < 1.29 is 15.5 Å². The summed E-state index contributed by atoms with van der Waals surface area (Å²) in [6, 6.07) is 0. The third-order valence-electron chi connectivity index (χ3n) is 0. The molecule has 0 aromatic heterocycles. The molecule has 9 heteroatoms. The van der Waals surface area contributed by atoms with Gasteiger partial charge in [0, 0.05) is 29.6 Å². The molecule has 0 saturated carbocycles. The molecule has 0 aliphatic rings. The van der Waals surface area contributed by atoms with Gasteiger partial charge in [0.1, 0.15) is 0 Å². The second-order valence-electron chi connectivity index (χ2n) is 0.425. The summed E-state index contributed by atoms with van der Waals surface area (Å²) in [5, 5.41) is 0. The van der Waals surface area contributed by atoms with E-state index in [1.54, 1.807) is 0 Å². The van der Waals surface area contributed by atoms with E-state index in [9.17, 15) is 15.5 Å². The smallest absolute Gasteiger partial charge is 0.222 e. The molecule has 0 atom stereocenters. The molecule has 9 heavy (non-hydrogen) atoms. The van der Waals surface area contributed by atoms with Crippen LogP contribution in [0.5, 0.6) is 0 Å². The van der Waals surface area contributed by atoms with E-state index in [1.165, 1.54) is 0 Å². The molecule has 0 aliphatic carbocycles. The molecule has 0 rings (SSSR count). The van der Waals surface area contributed by atoms with Crippen LogP contribution < -0.4 is 0 Å². The van der Waals surface area contributed by atoms with Crippen molar-refractivity contribution >= 4 is 52.5 Å². The molecule has 0 bridgehead atoms. The number of nitrogens with one attached hydrogen (secondary N) is 2. The van der Waals surface area contributed by atoms with Gasteiger partial charge in [0.05, 0.1) is 0 Å². The summed E-state index contributed by atoms with van der Waals surface area (Å²) in [5.74, 6) is 0. The van der Waals surface area contributed by atoms with Crippen LogP contribution in [-0.4, -0.2) is 29.6 Å². The Bertz CT molecular complexity index is 74.6. The monoisotopic (exact) mass is 193 g/mol. The summed E-state index contributed by atoms with van der Waals surface area (Å²) in [4.78, 5) is 0. The van der Waals surface area contributed by atoms with E-state index in [1.807, 2.05) is 0 Å². The zero-order valence-electron chi connectivity index (χ0n) is 4.33. The molecule has 0 aromatic rings. The molecule has 0 spiro atoms. The Morgan fingerprint density at radius 1 is 0.778 bits per heavy atom. The predicted octanol–water partition coefficient (Wildman–Crippen LogP) is 1.89. The molecule has 0 fully saturated rings. The van der Waals surface area contributed by atoms with Crippen molar-refractivity contribution in [2.24, 2.45) is 0 Å². The minimum Gasteiger partial charge on any atom is -0.222 e. The zero-order chi connectivity index (χ0) is 7.15. The van der Waals surface area contributed by atoms with Gasteiger partial charge in [-0.1, -0.05) is 0 Å². The van der Waals surface area contributed by atoms with Crippen molar-refractivity contribution in [3.63, 3.8) is 0 Å². The molecular weight excluding hydrogens is 191 g/mol. The molecule has 1 radical (unpaired) electrons. The molecule has 0 heterocycles. The van der Waals surface area contributed by atoms with Crippen molar-refractivity contribution in [3.05, 3.63) is 0 Å². The van der Waals surface area contributed by atoms with Crippen LogP contribution in [0.2, 0.25) is 0 Å². The summed E-state index contributed by atoms with van der Waals surface area (Å²) in [6.07, 6.45) is 0. The van der Waals surface area contributed by atoms with Crippen LogP contribution in [0.4, 0.5) is 15.5 Å². The maximum Gasteiger partial charge on any atom is 0.258 e. The number of hydrogen-bond acceptors (Lipinski definition) is 2. The summed E-state index contributed by atoms with van der Waals surface area (Å²) in [5.41, 5.74) is 0. The van der Waals surface area contributed by atoms with E-state index in [0.29, 0.717) is 0 Å². The molecule has 53 valence electrons. The van der Waals surface area contributed by atoms with Gasteiger partial charge in [0.2, 0.25) is 0 Å². The Balaban J connectivity index is -0.0000000720. The van der Waals surface area contributed by atoms with E-state index in [4.69, 9.17) is 9.56 Å². The Morgan fingerprint density at radius 2 is 0.778 bits per heavy atom. The van der Waals surface area contributed by atoms with Gasteiger partial charge in [-0.2, -0.15) is 0 Å². The van der Waals surface area contributed by atoms with Gasteiger partial charge in [-0.15, -0.1) is 15.5 Å². The second-order valence-corrected chi connectivity index (χ2v) is 1.28. The third-order valence-corrected chi connectivity index (χ3v) is 0. The van der Waals surface area contributed by atoms with Crippen molar-refractivity contribution in [3.8, 4) is 0 Å². The second kappa shape index (κ2) is 11.8. The van der Waals surface area contributed by atoms with Crippen LogP contribution in [-0.2, 0) is 22.9 Å². The summed E-state index contributed by atoms with van der Waals surface area (Å²) in [6.45, 7) is 0. The first-order valence-corrected chi connectivity index (χ1v) is 3.08. The van der Waals surface area contributed by atoms with E-state index in [2.05, 4.69) is 0 Å². The maximum absolute atomic E-state index is 10.0. The maximum atomic E-state index is 10.0. The number of hydrogen-bond donors (Lipinski definition) is 2. The summed E-state index contributed by atoms with van der Waals surface area (Å²) < 4.78 is 50.7. The quantitative estimate of drug-likeness (QED) is 0.436. The SMILES string of the molecule is N=S(F)F.N=S(F)F.[Na]. The van der Waals surface area contributed by atoms with E-state index in [-0.39, 0.29) is 29.6 Å². The molecule has 2 nitrogen and oxygen atoms in total. The van der Waals surface area contributed by atoms with Crippen molar-refractivity contribution in [1.29, 1.82) is 9.56 Å². The van der Waals surface area contributed by atoms with E-state index < -0.39 is 22.9 Å². The van der Waals surface area contributed by atoms with Gasteiger partial charge in [0.15, 0.2) is 0 Å². The standard InChI is InChI=1S/2F2HNS.Na/c2*1-4(2)3;/h2*3H;. The Hall–Kier alpha value is 1.02. The number of rotatable bonds is 0. The normalized spacial score (nSPS) is 7.78. The van der Waals surface area contributed by atoms with Gasteiger partial charge in [-0.25, -0.2) is 9.56 Å². The van der Waals surface area contributed by atoms with Crippen LogP contribution in [0.15, 0.2) is 0 Å². The minimum absolute atomic E-state index is 0. The summed E-state index contributed by atoms with van der Waals surface area (Å²) in [7, 11) is 0. The first kappa shape index (κ1) is 16.5. The fourth-order valence-electron chi connectivity index (χ4n) is 0. The molecule has 0 aromatic carbocycles. The minimum atomic E-state index is -3.11. The predicted molar refractivity (Wildman–Crippen MR) is 30.4 cm³/mol. The van der Waals surface area contributed by atoms with Gasteiger partial charge in [-0.05, 0) is 0 Å². The average Bonchev–Trinajstić information content (AvgIpc) is 1.25. The van der Waals surface area contributed by atoms with Crippen LogP contribution in [0, 0.1) is 9.56 Å². The largest absolute Gasteiger partial charge is 0.258 e. The van der Waals surface area contributed by atoms with Crippen LogP contribution in [0.25, 0.3) is 0 Å². The average molecular weight is 193 g/mol. The molecule has 0 amide bonds. The fourth-order valence-corrected chi connectivity index (χ4v) is 0. The van der Waals surface area contributed by atoms with Crippen LogP contribution >= 0.6 is 0 Å². The van der Waals surface area contributed by atoms with Crippen molar-refractivity contribution in [1.82, 2.24) is 0 Å². The van der Waals surface area contributed by atoms with E-state index >= 15 is 0 Å². The topological polar surface area (TPSA) is 47.7 Å². The first-order valence-electron chi connectivity index (χ1n) is 1.03. The molecule has 2 N–H and O–H groups in total. The third kappa shape index (κ3) is 427. The van der Waals surface area contributed by atoms with Crippen LogP contribution in [0.1, 0.15) is 0 Å². The fraction of sp³-hybridized carbons (Fsp3) is 0. The van der Waals surface area contributed by atoms with Crippen LogP contribution in [0.3, 0.4) is 0 Å². The van der Waals surface area contributed by atoms with Gasteiger partial charge < -0.3 is 0 Å². The van der Waals surface area contributed by atoms with Gasteiger partial charge >= 0.3 is 0 Å². The van der Waals surface area contributed by atoms with Gasteiger partial charge in [-0.3, -0.25) is 0 Å². The number of halogens is 4. The molecular formula is H2F4N2NaS2. The molecule has 0 unspecified atom stereocenters. The first-order chi connectivity index (χ1) is 3.46. The Morgan fingerprint density at radius 3 is 0.778 bits per heavy atom. The summed E-state index contributed by atoms with van der Waals surface area (Å²) >= 11 is -6.22. The Kier molecular flexibility index (Phi) is 21.6. The van der Waals surface area contributed by atoms with E-state index in [0.717, 1.165) is 0 Å². The van der Waals surface area contributed by atoms with Gasteiger partial charge in [0.25, 0.3) is 22.9 Å².